The maximum absolute atomic E-state index is 5.42. The lowest BCUT2D eigenvalue weighted by atomic mass is 10.0. The van der Waals surface area contributed by atoms with Gasteiger partial charge in [0, 0.05) is 30.5 Å². The van der Waals surface area contributed by atoms with Gasteiger partial charge in [-0.05, 0) is 67.2 Å². The molecule has 26 heavy (non-hydrogen) atoms. The topological polar surface area (TPSA) is 27.3 Å². The molecular formula is C22H29N3S. The van der Waals surface area contributed by atoms with Crippen LogP contribution in [0.15, 0.2) is 48.5 Å². The third-order valence-corrected chi connectivity index (χ3v) is 5.29. The molecule has 0 fully saturated rings. The molecule has 3 nitrogen and oxygen atoms in total. The van der Waals surface area contributed by atoms with Gasteiger partial charge < -0.3 is 15.5 Å². The molecule has 0 aromatic heterocycles. The van der Waals surface area contributed by atoms with E-state index in [0.29, 0.717) is 17.1 Å². The summed E-state index contributed by atoms with van der Waals surface area (Å²) < 4.78 is 0. The molecule has 1 atom stereocenters. The van der Waals surface area contributed by atoms with Crippen LogP contribution in [0.25, 0.3) is 0 Å². The highest BCUT2D eigenvalue weighted by atomic mass is 32.1. The summed E-state index contributed by atoms with van der Waals surface area (Å²) in [5.41, 5.74) is 5.24. The smallest absolute Gasteiger partial charge is 0.170 e. The molecular weight excluding hydrogens is 338 g/mol. The van der Waals surface area contributed by atoms with E-state index in [1.807, 2.05) is 0 Å². The van der Waals surface area contributed by atoms with Gasteiger partial charge >= 0.3 is 0 Å². The van der Waals surface area contributed by atoms with Crippen molar-refractivity contribution in [2.45, 2.75) is 45.6 Å². The molecule has 0 spiro atoms. The summed E-state index contributed by atoms with van der Waals surface area (Å²) in [6.07, 6.45) is 2.21. The van der Waals surface area contributed by atoms with Gasteiger partial charge in [-0.1, -0.05) is 44.2 Å². The number of nitrogens with zero attached hydrogens (tertiary/aromatic N) is 1. The van der Waals surface area contributed by atoms with Gasteiger partial charge in [0.2, 0.25) is 0 Å². The van der Waals surface area contributed by atoms with Gasteiger partial charge in [0.15, 0.2) is 5.11 Å². The number of rotatable bonds is 6. The lowest BCUT2D eigenvalue weighted by molar-refractivity contribution is 0.641. The second-order valence-corrected chi connectivity index (χ2v) is 7.79. The minimum absolute atomic E-state index is 0.548. The summed E-state index contributed by atoms with van der Waals surface area (Å²) in [4.78, 5) is 2.51. The van der Waals surface area contributed by atoms with E-state index in [0.717, 1.165) is 31.6 Å². The van der Waals surface area contributed by atoms with Gasteiger partial charge in [-0.3, -0.25) is 0 Å². The van der Waals surface area contributed by atoms with Crippen LogP contribution >= 0.6 is 12.2 Å². The van der Waals surface area contributed by atoms with Crippen LogP contribution in [0.1, 0.15) is 44.2 Å². The first-order valence-electron chi connectivity index (χ1n) is 9.54. The predicted octanol–water partition coefficient (Wildman–Crippen LogP) is 4.94. The van der Waals surface area contributed by atoms with Gasteiger partial charge in [0.05, 0.1) is 0 Å². The standard InChI is InChI=1S/C22H29N3S/c1-16(2)18-9-11-20(12-10-18)24-22(26)23-13-6-14-25-17(3)15-19-7-4-5-8-21(19)25/h4-5,7-12,16-17H,6,13-15H2,1-3H3,(H2,23,24,26). The number of nitrogens with one attached hydrogen (secondary N) is 2. The first-order valence-corrected chi connectivity index (χ1v) is 9.95. The normalized spacial score (nSPS) is 15.8. The van der Waals surface area contributed by atoms with Gasteiger partial charge in [-0.2, -0.15) is 0 Å². The number of para-hydroxylation sites is 1. The van der Waals surface area contributed by atoms with E-state index in [4.69, 9.17) is 12.2 Å². The van der Waals surface area contributed by atoms with Gasteiger partial charge in [0.25, 0.3) is 0 Å². The predicted molar refractivity (Wildman–Crippen MR) is 116 cm³/mol. The SMILES string of the molecule is CC(C)c1ccc(NC(=S)NCCCN2c3ccccc3CC2C)cc1. The Labute approximate surface area is 162 Å². The molecule has 1 aliphatic heterocycles. The van der Waals surface area contributed by atoms with Crippen LogP contribution in [0.2, 0.25) is 0 Å². The van der Waals surface area contributed by atoms with E-state index in [9.17, 15) is 0 Å². The fraction of sp³-hybridized carbons (Fsp3) is 0.409. The summed E-state index contributed by atoms with van der Waals surface area (Å²) in [5.74, 6) is 0.548. The van der Waals surface area contributed by atoms with E-state index in [-0.39, 0.29) is 0 Å². The Bertz CT molecular complexity index is 739. The molecule has 0 bridgehead atoms. The fourth-order valence-electron chi connectivity index (χ4n) is 3.55. The van der Waals surface area contributed by atoms with Crippen molar-refractivity contribution in [3.63, 3.8) is 0 Å². The highest BCUT2D eigenvalue weighted by Gasteiger charge is 2.24. The third kappa shape index (κ3) is 4.55. The van der Waals surface area contributed by atoms with E-state index < -0.39 is 0 Å². The maximum atomic E-state index is 5.42. The Balaban J connectivity index is 1.42. The number of benzene rings is 2. The zero-order valence-corrected chi connectivity index (χ0v) is 16.8. The molecule has 2 aromatic carbocycles. The summed E-state index contributed by atoms with van der Waals surface area (Å²) in [5, 5.41) is 7.28. The fourth-order valence-corrected chi connectivity index (χ4v) is 3.77. The highest BCUT2D eigenvalue weighted by Crippen LogP contribution is 2.31. The van der Waals surface area contributed by atoms with Crippen molar-refractivity contribution >= 4 is 28.7 Å². The Hall–Kier alpha value is -2.07. The van der Waals surface area contributed by atoms with E-state index in [2.05, 4.69) is 84.8 Å². The summed E-state index contributed by atoms with van der Waals surface area (Å²) in [7, 11) is 0. The van der Waals surface area contributed by atoms with Crippen LogP contribution in [0.5, 0.6) is 0 Å². The average molecular weight is 368 g/mol. The summed E-state index contributed by atoms with van der Waals surface area (Å²) in [6, 6.07) is 17.8. The minimum Gasteiger partial charge on any atom is -0.368 e. The van der Waals surface area contributed by atoms with Crippen molar-refractivity contribution in [2.75, 3.05) is 23.3 Å². The van der Waals surface area contributed by atoms with Crippen molar-refractivity contribution in [2.24, 2.45) is 0 Å². The Morgan fingerprint density at radius 1 is 1.15 bits per heavy atom. The number of fused-ring (bicyclic) bond motifs is 1. The van der Waals surface area contributed by atoms with Crippen molar-refractivity contribution in [1.82, 2.24) is 5.32 Å². The van der Waals surface area contributed by atoms with Crippen molar-refractivity contribution in [3.05, 3.63) is 59.7 Å². The number of thiocarbonyl (C=S) groups is 1. The second-order valence-electron chi connectivity index (χ2n) is 7.39. The van der Waals surface area contributed by atoms with E-state index >= 15 is 0 Å². The molecule has 4 heteroatoms. The van der Waals surface area contributed by atoms with Crippen molar-refractivity contribution in [1.29, 1.82) is 0 Å². The monoisotopic (exact) mass is 367 g/mol. The largest absolute Gasteiger partial charge is 0.368 e. The molecule has 0 amide bonds. The van der Waals surface area contributed by atoms with Gasteiger partial charge in [-0.25, -0.2) is 0 Å². The quantitative estimate of drug-likeness (QED) is 0.559. The summed E-state index contributed by atoms with van der Waals surface area (Å²) >= 11 is 5.42. The number of anilines is 2. The summed E-state index contributed by atoms with van der Waals surface area (Å²) in [6.45, 7) is 8.64. The van der Waals surface area contributed by atoms with E-state index in [1.165, 1.54) is 16.8 Å². The Kier molecular flexibility index (Phi) is 6.15. The molecule has 0 radical (unpaired) electrons. The van der Waals surface area contributed by atoms with Crippen LogP contribution in [0.3, 0.4) is 0 Å². The molecule has 0 aliphatic carbocycles. The molecule has 2 N–H and O–H groups in total. The molecule has 1 aliphatic rings. The lowest BCUT2D eigenvalue weighted by Gasteiger charge is -2.25. The average Bonchev–Trinajstić information content (AvgIpc) is 2.94. The molecule has 1 unspecified atom stereocenters. The van der Waals surface area contributed by atoms with Crippen LogP contribution in [0, 0.1) is 0 Å². The molecule has 1 heterocycles. The molecule has 0 saturated heterocycles. The first-order chi connectivity index (χ1) is 12.5. The van der Waals surface area contributed by atoms with Crippen molar-refractivity contribution < 1.29 is 0 Å². The van der Waals surface area contributed by atoms with E-state index in [1.54, 1.807) is 0 Å². The molecule has 138 valence electrons. The van der Waals surface area contributed by atoms with Crippen LogP contribution in [0.4, 0.5) is 11.4 Å². The Morgan fingerprint density at radius 3 is 2.62 bits per heavy atom. The van der Waals surface area contributed by atoms with Crippen molar-refractivity contribution in [3.8, 4) is 0 Å². The third-order valence-electron chi connectivity index (χ3n) is 5.05. The lowest BCUT2D eigenvalue weighted by Crippen LogP contribution is -2.34. The van der Waals surface area contributed by atoms with Crippen LogP contribution < -0.4 is 15.5 Å². The number of hydrogen-bond donors (Lipinski definition) is 2. The molecule has 3 rings (SSSR count). The van der Waals surface area contributed by atoms with Crippen LogP contribution in [-0.4, -0.2) is 24.2 Å². The van der Waals surface area contributed by atoms with Gasteiger partial charge in [0.1, 0.15) is 0 Å². The zero-order chi connectivity index (χ0) is 18.5. The number of hydrogen-bond acceptors (Lipinski definition) is 2. The Morgan fingerprint density at radius 2 is 1.88 bits per heavy atom. The maximum Gasteiger partial charge on any atom is 0.170 e. The van der Waals surface area contributed by atoms with Crippen LogP contribution in [-0.2, 0) is 6.42 Å². The first kappa shape index (κ1) is 18.7. The second kappa shape index (κ2) is 8.54. The molecule has 0 saturated carbocycles. The molecule has 2 aromatic rings. The zero-order valence-electron chi connectivity index (χ0n) is 16.0. The minimum atomic E-state index is 0.548. The highest BCUT2D eigenvalue weighted by molar-refractivity contribution is 7.80. The van der Waals surface area contributed by atoms with Gasteiger partial charge in [-0.15, -0.1) is 0 Å².